The number of furan rings is 1. The van der Waals surface area contributed by atoms with Crippen LogP contribution in [0.1, 0.15) is 23.4 Å². The molecular formula is C51H33N3O. The Morgan fingerprint density at radius 1 is 0.400 bits per heavy atom. The van der Waals surface area contributed by atoms with Crippen molar-refractivity contribution >= 4 is 55.1 Å². The van der Waals surface area contributed by atoms with E-state index in [0.717, 1.165) is 68.0 Å². The second-order valence-electron chi connectivity index (χ2n) is 14.4. The molecule has 0 saturated heterocycles. The average molecular weight is 704 g/mol. The number of hydrogen-bond donors (Lipinski definition) is 0. The summed E-state index contributed by atoms with van der Waals surface area (Å²) in [7, 11) is 0. The fraction of sp³-hybridized carbons (Fsp3) is 0.0392. The van der Waals surface area contributed by atoms with Gasteiger partial charge in [-0.15, -0.1) is 0 Å². The maximum atomic E-state index is 6.57. The van der Waals surface area contributed by atoms with Crippen LogP contribution in [0.25, 0.3) is 100 Å². The first kappa shape index (κ1) is 31.4. The lowest BCUT2D eigenvalue weighted by Gasteiger charge is -2.18. The first-order valence-corrected chi connectivity index (χ1v) is 18.8. The van der Waals surface area contributed by atoms with E-state index in [1.165, 1.54) is 38.4 Å². The van der Waals surface area contributed by atoms with Crippen molar-refractivity contribution in [2.24, 2.45) is 0 Å². The number of aromatic nitrogens is 3. The van der Waals surface area contributed by atoms with E-state index < -0.39 is 0 Å². The second-order valence-corrected chi connectivity index (χ2v) is 14.4. The summed E-state index contributed by atoms with van der Waals surface area (Å²) < 4.78 is 6.57. The lowest BCUT2D eigenvalue weighted by Crippen LogP contribution is -2.06. The van der Waals surface area contributed by atoms with Gasteiger partial charge in [0.15, 0.2) is 17.5 Å². The Bertz CT molecular complexity index is 3160. The first-order chi connectivity index (χ1) is 27.2. The van der Waals surface area contributed by atoms with Crippen molar-refractivity contribution in [1.82, 2.24) is 15.0 Å². The topological polar surface area (TPSA) is 51.8 Å². The smallest absolute Gasteiger partial charge is 0.164 e. The fourth-order valence-electron chi connectivity index (χ4n) is 8.14. The van der Waals surface area contributed by atoms with Crippen LogP contribution in [0.15, 0.2) is 174 Å². The normalized spacial score (nSPS) is 12.7. The van der Waals surface area contributed by atoms with Gasteiger partial charge < -0.3 is 4.42 Å². The average Bonchev–Trinajstić information content (AvgIpc) is 3.64. The molecule has 55 heavy (non-hydrogen) atoms. The summed E-state index contributed by atoms with van der Waals surface area (Å²) >= 11 is 0. The van der Waals surface area contributed by atoms with Gasteiger partial charge in [0.2, 0.25) is 0 Å². The third-order valence-corrected chi connectivity index (χ3v) is 11.0. The summed E-state index contributed by atoms with van der Waals surface area (Å²) in [5.41, 5.74) is 11.8. The lowest BCUT2D eigenvalue weighted by molar-refractivity contribution is 0.669. The molecule has 0 atom stereocenters. The number of fused-ring (bicyclic) bond motifs is 6. The third kappa shape index (κ3) is 5.58. The Balaban J connectivity index is 1.13. The number of benzene rings is 8. The highest BCUT2D eigenvalue weighted by Gasteiger charge is 2.22. The van der Waals surface area contributed by atoms with Gasteiger partial charge in [-0.05, 0) is 110 Å². The molecule has 0 radical (unpaired) electrons. The maximum Gasteiger partial charge on any atom is 0.164 e. The molecule has 0 spiro atoms. The zero-order valence-corrected chi connectivity index (χ0v) is 29.9. The molecule has 0 fully saturated rings. The molecule has 258 valence electrons. The molecule has 8 aromatic carbocycles. The quantitative estimate of drug-likeness (QED) is 0.179. The van der Waals surface area contributed by atoms with E-state index in [1.807, 2.05) is 12.1 Å². The lowest BCUT2D eigenvalue weighted by atomic mass is 9.89. The zero-order valence-electron chi connectivity index (χ0n) is 29.9. The van der Waals surface area contributed by atoms with Crippen LogP contribution in [-0.4, -0.2) is 15.0 Å². The molecule has 10 aromatic rings. The third-order valence-electron chi connectivity index (χ3n) is 11.0. The van der Waals surface area contributed by atoms with Gasteiger partial charge in [-0.1, -0.05) is 140 Å². The number of hydrogen-bond acceptors (Lipinski definition) is 4. The number of allylic oxidation sites excluding steroid dienone is 1. The molecule has 0 unspecified atom stereocenters. The van der Waals surface area contributed by atoms with Crippen LogP contribution >= 0.6 is 0 Å². The van der Waals surface area contributed by atoms with Crippen LogP contribution in [0.5, 0.6) is 0 Å². The van der Waals surface area contributed by atoms with Crippen molar-refractivity contribution < 1.29 is 4.42 Å². The Morgan fingerprint density at radius 2 is 1.04 bits per heavy atom. The molecule has 4 heteroatoms. The highest BCUT2D eigenvalue weighted by Crippen LogP contribution is 2.41. The van der Waals surface area contributed by atoms with E-state index in [1.54, 1.807) is 0 Å². The van der Waals surface area contributed by atoms with E-state index in [9.17, 15) is 0 Å². The zero-order chi connectivity index (χ0) is 36.3. The summed E-state index contributed by atoms with van der Waals surface area (Å²) in [5, 5.41) is 6.75. The van der Waals surface area contributed by atoms with Gasteiger partial charge in [-0.25, -0.2) is 15.0 Å². The molecular weight excluding hydrogens is 671 g/mol. The van der Waals surface area contributed by atoms with Crippen molar-refractivity contribution in [3.8, 4) is 45.0 Å². The summed E-state index contributed by atoms with van der Waals surface area (Å²) in [6, 6.07) is 59.9. The molecule has 11 rings (SSSR count). The minimum atomic E-state index is 0.624. The van der Waals surface area contributed by atoms with Gasteiger partial charge >= 0.3 is 0 Å². The van der Waals surface area contributed by atoms with Crippen molar-refractivity contribution in [3.05, 3.63) is 187 Å². The van der Waals surface area contributed by atoms with Crippen LogP contribution in [-0.2, 0) is 6.42 Å². The summed E-state index contributed by atoms with van der Waals surface area (Å²) in [6.07, 6.45) is 4.00. The van der Waals surface area contributed by atoms with Crippen LogP contribution < -0.4 is 0 Å². The standard InChI is InChI=1S/C51H33N3O/c1-2-10-32(11-3-1)37-21-22-39-29-42(25-23-38(39)27-37)50-52-49(41-24-19-34-13-5-7-15-36(34)28-41)53-51(54-50)45-30-43(40-20-18-33-12-4-6-14-35(33)26-40)31-47-48(45)44-16-8-9-17-46(44)55-47/h1-22,24,26-31H,23,25H2. The monoisotopic (exact) mass is 703 g/mol. The van der Waals surface area contributed by atoms with Gasteiger partial charge in [0.1, 0.15) is 11.2 Å². The first-order valence-electron chi connectivity index (χ1n) is 18.8. The largest absolute Gasteiger partial charge is 0.456 e. The second kappa shape index (κ2) is 12.8. The van der Waals surface area contributed by atoms with E-state index in [2.05, 4.69) is 164 Å². The van der Waals surface area contributed by atoms with E-state index in [-0.39, 0.29) is 0 Å². The molecule has 0 bridgehead atoms. The predicted octanol–water partition coefficient (Wildman–Crippen LogP) is 13.2. The van der Waals surface area contributed by atoms with Crippen molar-refractivity contribution in [2.45, 2.75) is 12.8 Å². The van der Waals surface area contributed by atoms with Gasteiger partial charge in [-0.2, -0.15) is 0 Å². The van der Waals surface area contributed by atoms with E-state index in [4.69, 9.17) is 19.4 Å². The molecule has 0 saturated carbocycles. The number of aryl methyl sites for hydroxylation is 1. The Hall–Kier alpha value is -7.17. The number of para-hydroxylation sites is 1. The molecule has 1 aliphatic rings. The fourth-order valence-corrected chi connectivity index (χ4v) is 8.14. The van der Waals surface area contributed by atoms with Crippen LogP contribution in [0.3, 0.4) is 0 Å². The highest BCUT2D eigenvalue weighted by atomic mass is 16.3. The van der Waals surface area contributed by atoms with Crippen LogP contribution in [0, 0.1) is 0 Å². The highest BCUT2D eigenvalue weighted by molar-refractivity contribution is 6.13. The van der Waals surface area contributed by atoms with E-state index >= 15 is 0 Å². The summed E-state index contributed by atoms with van der Waals surface area (Å²) in [5.74, 6) is 1.97. The maximum absolute atomic E-state index is 6.57. The van der Waals surface area contributed by atoms with Gasteiger partial charge in [0.25, 0.3) is 0 Å². The predicted molar refractivity (Wildman–Crippen MR) is 226 cm³/mol. The van der Waals surface area contributed by atoms with Crippen LogP contribution in [0.4, 0.5) is 0 Å². The number of nitrogens with zero attached hydrogens (tertiary/aromatic N) is 3. The molecule has 0 N–H and O–H groups in total. The molecule has 0 aliphatic heterocycles. The van der Waals surface area contributed by atoms with Crippen molar-refractivity contribution in [2.75, 3.05) is 0 Å². The summed E-state index contributed by atoms with van der Waals surface area (Å²) in [4.78, 5) is 15.9. The minimum absolute atomic E-state index is 0.624. The Labute approximate surface area is 318 Å². The molecule has 2 heterocycles. The summed E-state index contributed by atoms with van der Waals surface area (Å²) in [6.45, 7) is 0. The Morgan fingerprint density at radius 3 is 1.85 bits per heavy atom. The van der Waals surface area contributed by atoms with Crippen molar-refractivity contribution in [1.29, 1.82) is 0 Å². The van der Waals surface area contributed by atoms with Gasteiger partial charge in [0, 0.05) is 21.9 Å². The molecule has 1 aliphatic carbocycles. The molecule has 2 aromatic heterocycles. The minimum Gasteiger partial charge on any atom is -0.456 e. The van der Waals surface area contributed by atoms with Gasteiger partial charge in [-0.3, -0.25) is 0 Å². The number of rotatable bonds is 5. The molecule has 4 nitrogen and oxygen atoms in total. The Kier molecular flexibility index (Phi) is 7.27. The SMILES string of the molecule is C1=C(c2nc(-c3ccc4ccccc4c3)nc(-c3cc(-c4ccc5ccccc5c4)cc4oc5ccccc5c34)n2)CCc2cc(-c3ccccc3)ccc21. The van der Waals surface area contributed by atoms with Gasteiger partial charge in [0.05, 0.1) is 0 Å². The van der Waals surface area contributed by atoms with Crippen molar-refractivity contribution in [3.63, 3.8) is 0 Å². The molecule has 0 amide bonds. The van der Waals surface area contributed by atoms with E-state index in [0.29, 0.717) is 17.5 Å². The van der Waals surface area contributed by atoms with Crippen LogP contribution in [0.2, 0.25) is 0 Å².